The number of para-hydroxylation sites is 1. The van der Waals surface area contributed by atoms with E-state index in [2.05, 4.69) is 17.1 Å². The molecule has 6 nitrogen and oxygen atoms in total. The Balaban J connectivity index is 1.68. The number of benzene rings is 2. The van der Waals surface area contributed by atoms with Crippen LogP contribution in [0.15, 0.2) is 72.9 Å². The highest BCUT2D eigenvalue weighted by molar-refractivity contribution is 6.30. The molecule has 0 aliphatic carbocycles. The molecule has 0 spiro atoms. The van der Waals surface area contributed by atoms with Crippen LogP contribution in [0.4, 0.5) is 0 Å². The van der Waals surface area contributed by atoms with Crippen LogP contribution in [0.3, 0.4) is 0 Å². The van der Waals surface area contributed by atoms with Gasteiger partial charge in [-0.1, -0.05) is 54.1 Å². The lowest BCUT2D eigenvalue weighted by Crippen LogP contribution is -2.46. The van der Waals surface area contributed by atoms with Gasteiger partial charge in [0.1, 0.15) is 18.1 Å². The number of hydrogen-bond donors (Lipinski definition) is 0. The maximum absolute atomic E-state index is 13.6. The number of amides is 2. The quantitative estimate of drug-likeness (QED) is 0.510. The molecule has 1 aliphatic rings. The minimum atomic E-state index is -0.246. The van der Waals surface area contributed by atoms with Crippen molar-refractivity contribution in [2.75, 3.05) is 26.7 Å². The summed E-state index contributed by atoms with van der Waals surface area (Å²) in [7, 11) is 1.82. The van der Waals surface area contributed by atoms with E-state index in [0.29, 0.717) is 41.5 Å². The zero-order valence-electron chi connectivity index (χ0n) is 19.9. The summed E-state index contributed by atoms with van der Waals surface area (Å²) in [5, 5.41) is 0.487. The standard InChI is InChI=1S/C28H30ClN3O3/c1-31-16-8-3-9-17-32(28(34)25-15-14-22(29)19-30-25)23(18-21-10-4-2-5-11-21)20-35-26-13-7-6-12-24(26)27(31)33/h2,4-7,10-15,19,23H,3,8-9,16-18,20H2,1H3/t23-/m0/s1. The summed E-state index contributed by atoms with van der Waals surface area (Å²) in [6.45, 7) is 1.47. The summed E-state index contributed by atoms with van der Waals surface area (Å²) >= 11 is 6.01. The molecule has 0 bridgehead atoms. The molecule has 4 rings (SSSR count). The Kier molecular flexibility index (Phi) is 8.37. The highest BCUT2D eigenvalue weighted by atomic mass is 35.5. The second-order valence-electron chi connectivity index (χ2n) is 8.80. The van der Waals surface area contributed by atoms with E-state index in [1.54, 1.807) is 23.1 Å². The summed E-state index contributed by atoms with van der Waals surface area (Å²) in [5.41, 5.74) is 1.99. The summed E-state index contributed by atoms with van der Waals surface area (Å²) in [4.78, 5) is 34.6. The van der Waals surface area contributed by atoms with Crippen molar-refractivity contribution in [2.45, 2.75) is 31.7 Å². The van der Waals surface area contributed by atoms with Crippen LogP contribution >= 0.6 is 11.6 Å². The molecule has 1 atom stereocenters. The first-order valence-electron chi connectivity index (χ1n) is 12.0. The number of pyridine rings is 1. The van der Waals surface area contributed by atoms with Crippen LogP contribution in [-0.4, -0.2) is 59.4 Å². The smallest absolute Gasteiger partial charge is 0.272 e. The van der Waals surface area contributed by atoms with Crippen molar-refractivity contribution in [3.63, 3.8) is 0 Å². The van der Waals surface area contributed by atoms with E-state index in [4.69, 9.17) is 16.3 Å². The molecule has 2 heterocycles. The van der Waals surface area contributed by atoms with Gasteiger partial charge in [0.15, 0.2) is 0 Å². The molecule has 3 aromatic rings. The topological polar surface area (TPSA) is 62.7 Å². The van der Waals surface area contributed by atoms with Crippen molar-refractivity contribution in [1.82, 2.24) is 14.8 Å². The highest BCUT2D eigenvalue weighted by Gasteiger charge is 2.28. The van der Waals surface area contributed by atoms with E-state index >= 15 is 0 Å². The summed E-state index contributed by atoms with van der Waals surface area (Å²) in [5.74, 6) is 0.318. The molecule has 0 saturated heterocycles. The number of hydrogen-bond acceptors (Lipinski definition) is 4. The molecule has 1 aliphatic heterocycles. The number of halogens is 1. The lowest BCUT2D eigenvalue weighted by atomic mass is 10.0. The van der Waals surface area contributed by atoms with Crippen LogP contribution in [0.5, 0.6) is 5.75 Å². The van der Waals surface area contributed by atoms with Gasteiger partial charge in [0.05, 0.1) is 16.6 Å². The largest absolute Gasteiger partial charge is 0.491 e. The van der Waals surface area contributed by atoms with Gasteiger partial charge in [0.25, 0.3) is 11.8 Å². The van der Waals surface area contributed by atoms with E-state index in [9.17, 15) is 9.59 Å². The number of fused-ring (bicyclic) bond motifs is 1. The molecule has 0 radical (unpaired) electrons. The van der Waals surface area contributed by atoms with Crippen LogP contribution < -0.4 is 4.74 Å². The normalized spacial score (nSPS) is 17.4. The molecular formula is C28H30ClN3O3. The average Bonchev–Trinajstić information content (AvgIpc) is 2.89. The van der Waals surface area contributed by atoms with Crippen molar-refractivity contribution < 1.29 is 14.3 Å². The van der Waals surface area contributed by atoms with Gasteiger partial charge in [-0.15, -0.1) is 0 Å². The highest BCUT2D eigenvalue weighted by Crippen LogP contribution is 2.23. The van der Waals surface area contributed by atoms with Crippen LogP contribution in [-0.2, 0) is 6.42 Å². The lowest BCUT2D eigenvalue weighted by molar-refractivity contribution is 0.0599. The molecule has 1 aromatic heterocycles. The first kappa shape index (κ1) is 24.7. The fraction of sp³-hybridized carbons (Fsp3) is 0.321. The number of rotatable bonds is 3. The van der Waals surface area contributed by atoms with Gasteiger partial charge in [-0.05, 0) is 55.5 Å². The Labute approximate surface area is 211 Å². The Morgan fingerprint density at radius 3 is 2.51 bits per heavy atom. The van der Waals surface area contributed by atoms with E-state index in [0.717, 1.165) is 24.8 Å². The van der Waals surface area contributed by atoms with Gasteiger partial charge in [-0.2, -0.15) is 0 Å². The van der Waals surface area contributed by atoms with Crippen molar-refractivity contribution in [3.8, 4) is 5.75 Å². The molecule has 0 fully saturated rings. The second-order valence-corrected chi connectivity index (χ2v) is 9.23. The lowest BCUT2D eigenvalue weighted by Gasteiger charge is -2.32. The minimum absolute atomic E-state index is 0.0576. The van der Waals surface area contributed by atoms with Crippen LogP contribution in [0.25, 0.3) is 0 Å². The molecule has 0 N–H and O–H groups in total. The Hall–Kier alpha value is -3.38. The van der Waals surface area contributed by atoms with Crippen molar-refractivity contribution in [2.24, 2.45) is 0 Å². The van der Waals surface area contributed by atoms with E-state index < -0.39 is 0 Å². The molecule has 0 unspecified atom stereocenters. The molecule has 0 saturated carbocycles. The van der Waals surface area contributed by atoms with Gasteiger partial charge in [0.2, 0.25) is 0 Å². The maximum Gasteiger partial charge on any atom is 0.272 e. The Morgan fingerprint density at radius 1 is 1.00 bits per heavy atom. The van der Waals surface area contributed by atoms with Gasteiger partial charge in [0, 0.05) is 26.3 Å². The molecule has 35 heavy (non-hydrogen) atoms. The van der Waals surface area contributed by atoms with Gasteiger partial charge < -0.3 is 14.5 Å². The molecule has 2 amide bonds. The van der Waals surface area contributed by atoms with Crippen molar-refractivity contribution >= 4 is 23.4 Å². The fourth-order valence-corrected chi connectivity index (χ4v) is 4.43. The molecule has 7 heteroatoms. The average molecular weight is 492 g/mol. The second kappa shape index (κ2) is 11.8. The summed E-state index contributed by atoms with van der Waals surface area (Å²) in [6, 6.07) is 20.5. The number of carbonyl (C=O) groups excluding carboxylic acids is 2. The molecular weight excluding hydrogens is 462 g/mol. The van der Waals surface area contributed by atoms with E-state index in [1.807, 2.05) is 48.3 Å². The van der Waals surface area contributed by atoms with E-state index in [-0.39, 0.29) is 24.5 Å². The fourth-order valence-electron chi connectivity index (χ4n) is 4.31. The molecule has 2 aromatic carbocycles. The zero-order chi connectivity index (χ0) is 24.6. The maximum atomic E-state index is 13.6. The third-order valence-electron chi connectivity index (χ3n) is 6.25. The summed E-state index contributed by atoms with van der Waals surface area (Å²) < 4.78 is 6.26. The number of ether oxygens (including phenoxy) is 1. The third kappa shape index (κ3) is 6.40. The monoisotopic (exact) mass is 491 g/mol. The van der Waals surface area contributed by atoms with Crippen molar-refractivity contribution in [1.29, 1.82) is 0 Å². The van der Waals surface area contributed by atoms with Crippen LogP contribution in [0, 0.1) is 0 Å². The van der Waals surface area contributed by atoms with Crippen molar-refractivity contribution in [3.05, 3.63) is 94.8 Å². The minimum Gasteiger partial charge on any atom is -0.491 e. The van der Waals surface area contributed by atoms with Crippen LogP contribution in [0.2, 0.25) is 5.02 Å². The predicted molar refractivity (Wildman–Crippen MR) is 137 cm³/mol. The zero-order valence-corrected chi connectivity index (χ0v) is 20.7. The SMILES string of the molecule is CN1CCCCCN(C(=O)c2ccc(Cl)cn2)[C@@H](Cc2ccccc2)COc2ccccc2C1=O. The number of aromatic nitrogens is 1. The number of carbonyl (C=O) groups is 2. The molecule has 182 valence electrons. The number of nitrogens with zero attached hydrogens (tertiary/aromatic N) is 3. The van der Waals surface area contributed by atoms with Gasteiger partial charge in [-0.3, -0.25) is 9.59 Å². The Morgan fingerprint density at radius 2 is 1.74 bits per heavy atom. The Bertz CT molecular complexity index is 1140. The first-order valence-corrected chi connectivity index (χ1v) is 12.3. The summed E-state index contributed by atoms with van der Waals surface area (Å²) in [6.07, 6.45) is 4.69. The van der Waals surface area contributed by atoms with Gasteiger partial charge >= 0.3 is 0 Å². The third-order valence-corrected chi connectivity index (χ3v) is 6.47. The van der Waals surface area contributed by atoms with Gasteiger partial charge in [-0.25, -0.2) is 4.98 Å². The predicted octanol–water partition coefficient (Wildman–Crippen LogP) is 5.12. The van der Waals surface area contributed by atoms with Crippen LogP contribution in [0.1, 0.15) is 45.7 Å². The van der Waals surface area contributed by atoms with E-state index in [1.165, 1.54) is 6.20 Å². The first-order chi connectivity index (χ1) is 17.0.